The van der Waals surface area contributed by atoms with Crippen molar-refractivity contribution in [1.29, 1.82) is 0 Å². The minimum absolute atomic E-state index is 0.0766. The van der Waals surface area contributed by atoms with Gasteiger partial charge in [0.25, 0.3) is 0 Å². The van der Waals surface area contributed by atoms with Gasteiger partial charge in [-0.3, -0.25) is 14.4 Å². The summed E-state index contributed by atoms with van der Waals surface area (Å²) in [6.07, 6.45) is 84.0. The van der Waals surface area contributed by atoms with Crippen LogP contribution in [0, 0.1) is 0 Å². The van der Waals surface area contributed by atoms with Crippen molar-refractivity contribution in [2.75, 3.05) is 13.2 Å². The lowest BCUT2D eigenvalue weighted by Crippen LogP contribution is -2.30. The van der Waals surface area contributed by atoms with Crippen LogP contribution in [0.3, 0.4) is 0 Å². The van der Waals surface area contributed by atoms with E-state index in [2.05, 4.69) is 81.5 Å². The highest BCUT2D eigenvalue weighted by molar-refractivity contribution is 5.71. The van der Waals surface area contributed by atoms with Crippen LogP contribution in [0.15, 0.2) is 60.8 Å². The molecule has 0 saturated heterocycles. The van der Waals surface area contributed by atoms with E-state index in [1.165, 1.54) is 212 Å². The molecule has 6 nitrogen and oxygen atoms in total. The molecule has 0 rings (SSSR count). The number of rotatable bonds is 62. The molecule has 77 heavy (non-hydrogen) atoms. The molecule has 0 aromatic rings. The Labute approximate surface area is 479 Å². The molecule has 0 aromatic carbocycles. The Hall–Kier alpha value is -2.89. The molecule has 0 N–H and O–H groups in total. The first-order chi connectivity index (χ1) is 38.0. The van der Waals surface area contributed by atoms with Crippen LogP contribution in [0.1, 0.15) is 355 Å². The fourth-order valence-corrected chi connectivity index (χ4v) is 9.96. The van der Waals surface area contributed by atoms with Crippen molar-refractivity contribution in [3.8, 4) is 0 Å². The standard InChI is InChI=1S/C71H128O6/c1-4-7-10-13-16-19-22-25-27-28-29-30-31-32-33-34-35-36-37-38-39-40-41-42-44-46-49-52-55-58-61-64-70(73)76-67-68(66-75-69(72)63-60-57-54-51-48-45-24-21-18-15-12-9-6-3)77-71(74)65-62-59-56-53-50-47-43-26-23-20-17-14-11-8-5-2/h8,11,17,20,22,25-26,28-29,43,68H,4-7,9-10,12-16,18-19,21,23-24,27,30-42,44-67H2,1-3H3/b11-8-,20-17-,25-22-,29-28-,43-26-. The zero-order chi connectivity index (χ0) is 55.7. The van der Waals surface area contributed by atoms with Crippen molar-refractivity contribution < 1.29 is 28.6 Å². The van der Waals surface area contributed by atoms with Crippen molar-refractivity contribution in [1.82, 2.24) is 0 Å². The molecule has 0 aliphatic rings. The van der Waals surface area contributed by atoms with Crippen LogP contribution < -0.4 is 0 Å². The van der Waals surface area contributed by atoms with E-state index in [9.17, 15) is 14.4 Å². The average molecular weight is 1080 g/mol. The first-order valence-electron chi connectivity index (χ1n) is 33.8. The number of allylic oxidation sites excluding steroid dienone is 10. The summed E-state index contributed by atoms with van der Waals surface area (Å²) in [6.45, 7) is 6.55. The summed E-state index contributed by atoms with van der Waals surface area (Å²) in [7, 11) is 0. The van der Waals surface area contributed by atoms with Gasteiger partial charge in [-0.1, -0.05) is 313 Å². The lowest BCUT2D eigenvalue weighted by Gasteiger charge is -2.18. The van der Waals surface area contributed by atoms with Crippen LogP contribution in [0.2, 0.25) is 0 Å². The molecule has 0 spiro atoms. The van der Waals surface area contributed by atoms with Crippen LogP contribution in [-0.4, -0.2) is 37.2 Å². The van der Waals surface area contributed by atoms with Crippen LogP contribution in [0.25, 0.3) is 0 Å². The average Bonchev–Trinajstić information content (AvgIpc) is 3.43. The molecule has 1 unspecified atom stereocenters. The van der Waals surface area contributed by atoms with Gasteiger partial charge in [0.15, 0.2) is 6.10 Å². The Morgan fingerprint density at radius 1 is 0.273 bits per heavy atom. The number of ether oxygens (including phenoxy) is 3. The number of unbranched alkanes of at least 4 members (excludes halogenated alkanes) is 41. The maximum atomic E-state index is 12.9. The van der Waals surface area contributed by atoms with Crippen LogP contribution in [0.5, 0.6) is 0 Å². The van der Waals surface area contributed by atoms with Gasteiger partial charge in [-0.2, -0.15) is 0 Å². The number of carbonyl (C=O) groups is 3. The normalized spacial score (nSPS) is 12.4. The third kappa shape index (κ3) is 63.8. The second-order valence-corrected chi connectivity index (χ2v) is 22.7. The molecule has 0 aromatic heterocycles. The minimum atomic E-state index is -0.781. The maximum absolute atomic E-state index is 12.9. The van der Waals surface area contributed by atoms with Crippen LogP contribution in [0.4, 0.5) is 0 Å². The summed E-state index contributed by atoms with van der Waals surface area (Å²) < 4.78 is 16.9. The van der Waals surface area contributed by atoms with Gasteiger partial charge in [0, 0.05) is 19.3 Å². The van der Waals surface area contributed by atoms with E-state index in [1.807, 2.05) is 0 Å². The molecular formula is C71H128O6. The second kappa shape index (κ2) is 65.6. The predicted molar refractivity (Wildman–Crippen MR) is 335 cm³/mol. The van der Waals surface area contributed by atoms with Gasteiger partial charge in [0.1, 0.15) is 13.2 Å². The van der Waals surface area contributed by atoms with Gasteiger partial charge in [0.05, 0.1) is 0 Å². The Balaban J connectivity index is 4.14. The summed E-state index contributed by atoms with van der Waals surface area (Å²) in [6, 6.07) is 0. The Bertz CT molecular complexity index is 1380. The summed E-state index contributed by atoms with van der Waals surface area (Å²) >= 11 is 0. The zero-order valence-corrected chi connectivity index (χ0v) is 51.5. The highest BCUT2D eigenvalue weighted by Gasteiger charge is 2.19. The third-order valence-corrected chi connectivity index (χ3v) is 15.0. The molecule has 0 amide bonds. The first-order valence-corrected chi connectivity index (χ1v) is 33.8. The smallest absolute Gasteiger partial charge is 0.306 e. The molecule has 1 atom stereocenters. The molecule has 0 bridgehead atoms. The molecule has 6 heteroatoms. The van der Waals surface area contributed by atoms with Crippen molar-refractivity contribution in [2.45, 2.75) is 361 Å². The van der Waals surface area contributed by atoms with Gasteiger partial charge in [0.2, 0.25) is 0 Å². The van der Waals surface area contributed by atoms with Gasteiger partial charge >= 0.3 is 17.9 Å². The van der Waals surface area contributed by atoms with Crippen molar-refractivity contribution in [3.05, 3.63) is 60.8 Å². The number of hydrogen-bond acceptors (Lipinski definition) is 6. The second-order valence-electron chi connectivity index (χ2n) is 22.7. The predicted octanol–water partition coefficient (Wildman–Crippen LogP) is 23.1. The molecule has 0 heterocycles. The molecular weight excluding hydrogens is 949 g/mol. The number of esters is 3. The van der Waals surface area contributed by atoms with E-state index in [0.29, 0.717) is 19.3 Å². The summed E-state index contributed by atoms with van der Waals surface area (Å²) in [4.78, 5) is 38.3. The molecule has 0 radical (unpaired) electrons. The summed E-state index contributed by atoms with van der Waals surface area (Å²) in [5, 5.41) is 0. The van der Waals surface area contributed by atoms with Gasteiger partial charge in [-0.05, 0) is 83.5 Å². The van der Waals surface area contributed by atoms with Gasteiger partial charge in [-0.25, -0.2) is 0 Å². The highest BCUT2D eigenvalue weighted by atomic mass is 16.6. The van der Waals surface area contributed by atoms with Crippen LogP contribution in [-0.2, 0) is 28.6 Å². The van der Waals surface area contributed by atoms with E-state index in [-0.39, 0.29) is 31.1 Å². The zero-order valence-electron chi connectivity index (χ0n) is 51.5. The number of carbonyl (C=O) groups excluding carboxylic acids is 3. The molecule has 0 fully saturated rings. The quantitative estimate of drug-likeness (QED) is 0.0261. The molecule has 448 valence electrons. The van der Waals surface area contributed by atoms with Crippen molar-refractivity contribution in [2.24, 2.45) is 0 Å². The van der Waals surface area contributed by atoms with E-state index in [0.717, 1.165) is 103 Å². The summed E-state index contributed by atoms with van der Waals surface area (Å²) in [5.74, 6) is -0.874. The molecule has 0 aliphatic carbocycles. The maximum Gasteiger partial charge on any atom is 0.306 e. The third-order valence-electron chi connectivity index (χ3n) is 15.0. The minimum Gasteiger partial charge on any atom is -0.462 e. The Morgan fingerprint density at radius 2 is 0.506 bits per heavy atom. The van der Waals surface area contributed by atoms with E-state index >= 15 is 0 Å². The van der Waals surface area contributed by atoms with Gasteiger partial charge < -0.3 is 14.2 Å². The lowest BCUT2D eigenvalue weighted by atomic mass is 10.0. The first kappa shape index (κ1) is 74.1. The Kier molecular flexibility index (Phi) is 63.2. The van der Waals surface area contributed by atoms with Crippen molar-refractivity contribution >= 4 is 17.9 Å². The largest absolute Gasteiger partial charge is 0.462 e. The highest BCUT2D eigenvalue weighted by Crippen LogP contribution is 2.18. The van der Waals surface area contributed by atoms with E-state index in [1.54, 1.807) is 0 Å². The van der Waals surface area contributed by atoms with E-state index in [4.69, 9.17) is 14.2 Å². The summed E-state index contributed by atoms with van der Waals surface area (Å²) in [5.41, 5.74) is 0. The lowest BCUT2D eigenvalue weighted by molar-refractivity contribution is -0.167. The molecule has 0 saturated carbocycles. The van der Waals surface area contributed by atoms with E-state index < -0.39 is 6.10 Å². The monoisotopic (exact) mass is 1080 g/mol. The van der Waals surface area contributed by atoms with Gasteiger partial charge in [-0.15, -0.1) is 0 Å². The molecule has 0 aliphatic heterocycles. The SMILES string of the molecule is CC/C=C\C/C=C\C/C=C\CCCCCCCC(=O)OC(COC(=O)CCCCCCCCCCCCCCC)COC(=O)CCCCCCCCCCCCCCCCCCCCC/C=C\C/C=C\CCCCCCC. The van der Waals surface area contributed by atoms with Crippen molar-refractivity contribution in [3.63, 3.8) is 0 Å². The number of hydrogen-bond donors (Lipinski definition) is 0. The topological polar surface area (TPSA) is 78.9 Å². The Morgan fingerprint density at radius 3 is 0.792 bits per heavy atom. The fourth-order valence-electron chi connectivity index (χ4n) is 9.96. The van der Waals surface area contributed by atoms with Crippen LogP contribution >= 0.6 is 0 Å². The fraction of sp³-hybridized carbons (Fsp3) is 0.817.